The van der Waals surface area contributed by atoms with E-state index in [0.29, 0.717) is 17.1 Å². The van der Waals surface area contributed by atoms with E-state index in [1.165, 1.54) is 6.33 Å². The van der Waals surface area contributed by atoms with Crippen LogP contribution in [-0.4, -0.2) is 30.0 Å². The lowest BCUT2D eigenvalue weighted by Gasteiger charge is -2.15. The molecular weight excluding hydrogens is 260 g/mol. The van der Waals surface area contributed by atoms with Gasteiger partial charge in [0.05, 0.1) is 11.8 Å². The van der Waals surface area contributed by atoms with E-state index >= 15 is 0 Å². The Bertz CT molecular complexity index is 606. The maximum atomic E-state index is 12.2. The summed E-state index contributed by atoms with van der Waals surface area (Å²) < 4.78 is 0. The molecule has 5 nitrogen and oxygen atoms in total. The molecule has 100 valence electrons. The maximum absolute atomic E-state index is 12.2. The third-order valence-corrected chi connectivity index (χ3v) is 3.91. The number of amides is 1. The minimum absolute atomic E-state index is 0.125. The van der Waals surface area contributed by atoms with Crippen molar-refractivity contribution in [3.63, 3.8) is 0 Å². The quantitative estimate of drug-likeness (QED) is 0.935. The van der Waals surface area contributed by atoms with Gasteiger partial charge in [0.25, 0.3) is 5.91 Å². The highest BCUT2D eigenvalue weighted by Gasteiger charge is 2.15. The van der Waals surface area contributed by atoms with Gasteiger partial charge in [0.1, 0.15) is 12.0 Å². The first-order valence-corrected chi connectivity index (χ1v) is 6.72. The van der Waals surface area contributed by atoms with Crippen molar-refractivity contribution in [3.8, 4) is 0 Å². The molecule has 0 aromatic carbocycles. The Morgan fingerprint density at radius 3 is 2.68 bits per heavy atom. The third kappa shape index (κ3) is 2.73. The van der Waals surface area contributed by atoms with Crippen LogP contribution in [0.15, 0.2) is 17.9 Å². The van der Waals surface area contributed by atoms with Crippen molar-refractivity contribution in [2.75, 3.05) is 24.3 Å². The molecule has 2 rings (SSSR count). The predicted molar refractivity (Wildman–Crippen MR) is 78.1 cm³/mol. The SMILES string of the molecule is Cc1scc(C(=O)Nc2cncnc2N(C)C)c1C. The number of carbonyl (C=O) groups excluding carboxylic acids is 1. The lowest BCUT2D eigenvalue weighted by Crippen LogP contribution is -2.18. The molecule has 2 aromatic rings. The predicted octanol–water partition coefficient (Wildman–Crippen LogP) is 2.47. The number of anilines is 2. The fourth-order valence-corrected chi connectivity index (χ4v) is 2.56. The summed E-state index contributed by atoms with van der Waals surface area (Å²) in [4.78, 5) is 23.3. The van der Waals surface area contributed by atoms with Crippen LogP contribution in [0.5, 0.6) is 0 Å². The van der Waals surface area contributed by atoms with Gasteiger partial charge in [-0.3, -0.25) is 4.79 Å². The van der Waals surface area contributed by atoms with Crippen LogP contribution in [-0.2, 0) is 0 Å². The van der Waals surface area contributed by atoms with Gasteiger partial charge in [-0.15, -0.1) is 11.3 Å². The molecule has 0 bridgehead atoms. The number of rotatable bonds is 3. The summed E-state index contributed by atoms with van der Waals surface area (Å²) >= 11 is 1.58. The van der Waals surface area contributed by atoms with Crippen LogP contribution >= 0.6 is 11.3 Å². The molecule has 6 heteroatoms. The van der Waals surface area contributed by atoms with Crippen LogP contribution in [0.2, 0.25) is 0 Å². The molecule has 0 saturated heterocycles. The number of aromatic nitrogens is 2. The van der Waals surface area contributed by atoms with E-state index in [2.05, 4.69) is 15.3 Å². The Balaban J connectivity index is 2.27. The minimum atomic E-state index is -0.125. The highest BCUT2D eigenvalue weighted by atomic mass is 32.1. The Morgan fingerprint density at radius 1 is 1.37 bits per heavy atom. The molecule has 0 aliphatic heterocycles. The van der Waals surface area contributed by atoms with Crippen molar-refractivity contribution >= 4 is 28.7 Å². The second kappa shape index (κ2) is 5.36. The minimum Gasteiger partial charge on any atom is -0.361 e. The summed E-state index contributed by atoms with van der Waals surface area (Å²) in [5.74, 6) is 0.563. The number of carbonyl (C=O) groups is 1. The number of nitrogens with one attached hydrogen (secondary N) is 1. The highest BCUT2D eigenvalue weighted by Crippen LogP contribution is 2.24. The molecular formula is C13H16N4OS. The number of hydrogen-bond donors (Lipinski definition) is 1. The van der Waals surface area contributed by atoms with Gasteiger partial charge in [-0.25, -0.2) is 9.97 Å². The van der Waals surface area contributed by atoms with Crippen molar-refractivity contribution in [1.29, 1.82) is 0 Å². The Labute approximate surface area is 116 Å². The van der Waals surface area contributed by atoms with Crippen LogP contribution in [0, 0.1) is 13.8 Å². The van der Waals surface area contributed by atoms with Gasteiger partial charge in [0.2, 0.25) is 0 Å². The summed E-state index contributed by atoms with van der Waals surface area (Å²) in [6.07, 6.45) is 3.07. The molecule has 1 N–H and O–H groups in total. The summed E-state index contributed by atoms with van der Waals surface area (Å²) in [7, 11) is 3.75. The van der Waals surface area contributed by atoms with Crippen molar-refractivity contribution in [1.82, 2.24) is 9.97 Å². The smallest absolute Gasteiger partial charge is 0.256 e. The van der Waals surface area contributed by atoms with Gasteiger partial charge >= 0.3 is 0 Å². The summed E-state index contributed by atoms with van der Waals surface area (Å²) in [5, 5.41) is 4.74. The summed E-state index contributed by atoms with van der Waals surface area (Å²) in [5.41, 5.74) is 2.34. The number of thiophene rings is 1. The van der Waals surface area contributed by atoms with Crippen molar-refractivity contribution < 1.29 is 4.79 Å². The zero-order valence-electron chi connectivity index (χ0n) is 11.4. The van der Waals surface area contributed by atoms with E-state index in [0.717, 1.165) is 10.4 Å². The van der Waals surface area contributed by atoms with Crippen LogP contribution in [0.1, 0.15) is 20.8 Å². The largest absolute Gasteiger partial charge is 0.361 e. The molecule has 0 fully saturated rings. The summed E-state index contributed by atoms with van der Waals surface area (Å²) in [6.45, 7) is 3.96. The lowest BCUT2D eigenvalue weighted by molar-refractivity contribution is 0.102. The van der Waals surface area contributed by atoms with E-state index in [4.69, 9.17) is 0 Å². The monoisotopic (exact) mass is 276 g/mol. The molecule has 2 aromatic heterocycles. The van der Waals surface area contributed by atoms with E-state index in [9.17, 15) is 4.79 Å². The molecule has 0 atom stereocenters. The average molecular weight is 276 g/mol. The second-order valence-corrected chi connectivity index (χ2v) is 5.52. The van der Waals surface area contributed by atoms with E-state index in [1.807, 2.05) is 38.2 Å². The third-order valence-electron chi connectivity index (χ3n) is 2.89. The number of nitrogens with zero attached hydrogens (tertiary/aromatic N) is 3. The lowest BCUT2D eigenvalue weighted by atomic mass is 10.1. The molecule has 1 amide bonds. The zero-order chi connectivity index (χ0) is 14.0. The number of hydrogen-bond acceptors (Lipinski definition) is 5. The Hall–Kier alpha value is -1.95. The maximum Gasteiger partial charge on any atom is 0.256 e. The Morgan fingerprint density at radius 2 is 2.11 bits per heavy atom. The van der Waals surface area contributed by atoms with Gasteiger partial charge in [-0.2, -0.15) is 0 Å². The molecule has 19 heavy (non-hydrogen) atoms. The topological polar surface area (TPSA) is 58.1 Å². The highest BCUT2D eigenvalue weighted by molar-refractivity contribution is 7.10. The van der Waals surface area contributed by atoms with E-state index in [1.54, 1.807) is 17.5 Å². The summed E-state index contributed by atoms with van der Waals surface area (Å²) in [6, 6.07) is 0. The average Bonchev–Trinajstić information content (AvgIpc) is 2.70. The fourth-order valence-electron chi connectivity index (χ4n) is 1.69. The van der Waals surface area contributed by atoms with Gasteiger partial charge < -0.3 is 10.2 Å². The van der Waals surface area contributed by atoms with E-state index in [-0.39, 0.29) is 5.91 Å². The normalized spacial score (nSPS) is 10.3. The fraction of sp³-hybridized carbons (Fsp3) is 0.308. The first-order chi connectivity index (χ1) is 9.00. The van der Waals surface area contributed by atoms with Crippen molar-refractivity contribution in [2.45, 2.75) is 13.8 Å². The molecule has 0 spiro atoms. The van der Waals surface area contributed by atoms with Gasteiger partial charge in [0.15, 0.2) is 5.82 Å². The molecule has 0 aliphatic carbocycles. The molecule has 0 aliphatic rings. The second-order valence-electron chi connectivity index (χ2n) is 4.44. The molecule has 0 saturated carbocycles. The Kier molecular flexibility index (Phi) is 3.80. The van der Waals surface area contributed by atoms with E-state index < -0.39 is 0 Å². The van der Waals surface area contributed by atoms with Crippen LogP contribution in [0.25, 0.3) is 0 Å². The van der Waals surface area contributed by atoms with Crippen LogP contribution < -0.4 is 10.2 Å². The van der Waals surface area contributed by atoms with Crippen molar-refractivity contribution in [2.24, 2.45) is 0 Å². The molecule has 0 radical (unpaired) electrons. The van der Waals surface area contributed by atoms with Crippen molar-refractivity contribution in [3.05, 3.63) is 33.9 Å². The molecule has 0 unspecified atom stereocenters. The first kappa shape index (κ1) is 13.5. The van der Waals surface area contributed by atoms with Gasteiger partial charge in [-0.05, 0) is 19.4 Å². The zero-order valence-corrected chi connectivity index (χ0v) is 12.2. The molecule has 2 heterocycles. The van der Waals surface area contributed by atoms with Crippen LogP contribution in [0.3, 0.4) is 0 Å². The van der Waals surface area contributed by atoms with Crippen LogP contribution in [0.4, 0.5) is 11.5 Å². The number of aryl methyl sites for hydroxylation is 1. The van der Waals surface area contributed by atoms with Gasteiger partial charge in [0, 0.05) is 24.4 Å². The first-order valence-electron chi connectivity index (χ1n) is 5.84. The van der Waals surface area contributed by atoms with Gasteiger partial charge in [-0.1, -0.05) is 0 Å². The standard InChI is InChI=1S/C13H16N4OS/c1-8-9(2)19-6-10(8)13(18)16-11-5-14-7-15-12(11)17(3)4/h5-7H,1-4H3,(H,16,18).